The zero-order valence-corrected chi connectivity index (χ0v) is 23.7. The van der Waals surface area contributed by atoms with Gasteiger partial charge < -0.3 is 30.1 Å². The standard InChI is InChI=1S/C31H41N5O4/c1-23-8-3-4-10-27(23)34-18-20-35(21-19-34)28-14-13-25(22-26(28)33-29(38)11-5-9-24(2)37)31(40)32-15-7-17-36-16-6-12-30(36)39/h3-4,8,10,13-14,22H,5-7,9,11-12,15-21H2,1-2H3,(H,32,40)(H,33,38). The molecule has 0 aromatic heterocycles. The van der Waals surface area contributed by atoms with E-state index < -0.39 is 0 Å². The van der Waals surface area contributed by atoms with Crippen LogP contribution in [0.15, 0.2) is 42.5 Å². The lowest BCUT2D eigenvalue weighted by Gasteiger charge is -2.38. The molecule has 0 bridgehead atoms. The van der Waals surface area contributed by atoms with Gasteiger partial charge in [0.15, 0.2) is 0 Å². The Bertz CT molecular complexity index is 1220. The molecule has 40 heavy (non-hydrogen) atoms. The number of rotatable bonds is 12. The van der Waals surface area contributed by atoms with E-state index in [2.05, 4.69) is 45.6 Å². The van der Waals surface area contributed by atoms with Crippen LogP contribution in [0.1, 0.15) is 61.4 Å². The molecule has 0 spiro atoms. The van der Waals surface area contributed by atoms with Crippen LogP contribution in [-0.4, -0.2) is 74.2 Å². The van der Waals surface area contributed by atoms with Crippen molar-refractivity contribution in [3.8, 4) is 0 Å². The van der Waals surface area contributed by atoms with Gasteiger partial charge in [0.1, 0.15) is 5.78 Å². The van der Waals surface area contributed by atoms with Crippen molar-refractivity contribution < 1.29 is 19.2 Å². The van der Waals surface area contributed by atoms with Gasteiger partial charge in [-0.2, -0.15) is 0 Å². The number of nitrogens with one attached hydrogen (secondary N) is 2. The topological polar surface area (TPSA) is 102 Å². The molecule has 2 N–H and O–H groups in total. The third-order valence-electron chi connectivity index (χ3n) is 7.60. The summed E-state index contributed by atoms with van der Waals surface area (Å²) in [7, 11) is 0. The highest BCUT2D eigenvalue weighted by Crippen LogP contribution is 2.30. The summed E-state index contributed by atoms with van der Waals surface area (Å²) in [5.41, 5.74) is 4.44. The number of amides is 3. The van der Waals surface area contributed by atoms with Crippen molar-refractivity contribution in [2.75, 3.05) is 60.9 Å². The van der Waals surface area contributed by atoms with Crippen molar-refractivity contribution in [3.05, 3.63) is 53.6 Å². The summed E-state index contributed by atoms with van der Waals surface area (Å²) >= 11 is 0. The van der Waals surface area contributed by atoms with Gasteiger partial charge in [0.25, 0.3) is 5.91 Å². The molecule has 2 heterocycles. The van der Waals surface area contributed by atoms with E-state index >= 15 is 0 Å². The normalized spacial score (nSPS) is 15.3. The second kappa shape index (κ2) is 14.0. The molecular weight excluding hydrogens is 506 g/mol. The number of carbonyl (C=O) groups is 4. The highest BCUT2D eigenvalue weighted by molar-refractivity contribution is 6.00. The van der Waals surface area contributed by atoms with Crippen LogP contribution in [0, 0.1) is 6.92 Å². The summed E-state index contributed by atoms with van der Waals surface area (Å²) in [5, 5.41) is 5.95. The third kappa shape index (κ3) is 7.83. The van der Waals surface area contributed by atoms with Gasteiger partial charge in [0.05, 0.1) is 11.4 Å². The molecule has 9 nitrogen and oxygen atoms in total. The summed E-state index contributed by atoms with van der Waals surface area (Å²) in [5.74, 6) is -0.136. The average molecular weight is 548 g/mol. The minimum absolute atomic E-state index is 0.0628. The Morgan fingerprint density at radius 2 is 1.60 bits per heavy atom. The van der Waals surface area contributed by atoms with E-state index in [0.717, 1.165) is 44.8 Å². The van der Waals surface area contributed by atoms with Crippen LogP contribution in [0.3, 0.4) is 0 Å². The van der Waals surface area contributed by atoms with E-state index in [-0.39, 0.29) is 29.9 Å². The fraction of sp³-hybridized carbons (Fsp3) is 0.484. The fourth-order valence-electron chi connectivity index (χ4n) is 5.38. The van der Waals surface area contributed by atoms with E-state index in [0.29, 0.717) is 50.0 Å². The minimum atomic E-state index is -0.212. The van der Waals surface area contributed by atoms with Gasteiger partial charge in [0, 0.05) is 76.3 Å². The SMILES string of the molecule is CC(=O)CCCC(=O)Nc1cc(C(=O)NCCCN2CCCC2=O)ccc1N1CCN(c2ccccc2C)CC1. The van der Waals surface area contributed by atoms with Gasteiger partial charge in [0.2, 0.25) is 11.8 Å². The number of para-hydroxylation sites is 1. The van der Waals surface area contributed by atoms with Crippen LogP contribution < -0.4 is 20.4 Å². The molecule has 0 aliphatic carbocycles. The van der Waals surface area contributed by atoms with E-state index in [4.69, 9.17) is 0 Å². The molecule has 4 rings (SSSR count). The Labute approximate surface area is 236 Å². The van der Waals surface area contributed by atoms with Crippen molar-refractivity contribution in [1.29, 1.82) is 0 Å². The van der Waals surface area contributed by atoms with Gasteiger partial charge in [-0.05, 0) is 62.9 Å². The van der Waals surface area contributed by atoms with Gasteiger partial charge in [-0.15, -0.1) is 0 Å². The zero-order valence-electron chi connectivity index (χ0n) is 23.7. The number of nitrogens with zero attached hydrogens (tertiary/aromatic N) is 3. The van der Waals surface area contributed by atoms with Crippen molar-refractivity contribution in [2.24, 2.45) is 0 Å². The van der Waals surface area contributed by atoms with E-state index in [1.807, 2.05) is 17.0 Å². The number of piperazine rings is 1. The fourth-order valence-corrected chi connectivity index (χ4v) is 5.38. The summed E-state index contributed by atoms with van der Waals surface area (Å²) in [6, 6.07) is 13.8. The number of Topliss-reactive ketones (excluding diaryl/α,β-unsaturated/α-hetero) is 1. The lowest BCUT2D eigenvalue weighted by Crippen LogP contribution is -2.47. The second-order valence-electron chi connectivity index (χ2n) is 10.7. The van der Waals surface area contributed by atoms with Crippen molar-refractivity contribution in [2.45, 2.75) is 52.4 Å². The smallest absolute Gasteiger partial charge is 0.251 e. The molecule has 0 radical (unpaired) electrons. The quantitative estimate of drug-likeness (QED) is 0.393. The maximum absolute atomic E-state index is 12.9. The zero-order chi connectivity index (χ0) is 28.5. The molecule has 214 valence electrons. The molecule has 2 aliphatic heterocycles. The second-order valence-corrected chi connectivity index (χ2v) is 10.7. The maximum atomic E-state index is 12.9. The number of likely N-dealkylation sites (tertiary alicyclic amines) is 1. The number of hydrogen-bond donors (Lipinski definition) is 2. The molecule has 2 aliphatic rings. The van der Waals surface area contributed by atoms with Crippen molar-refractivity contribution >= 4 is 40.6 Å². The largest absolute Gasteiger partial charge is 0.368 e. The van der Waals surface area contributed by atoms with Crippen LogP contribution in [0.25, 0.3) is 0 Å². The first kappa shape index (κ1) is 29.1. The maximum Gasteiger partial charge on any atom is 0.251 e. The monoisotopic (exact) mass is 547 g/mol. The summed E-state index contributed by atoms with van der Waals surface area (Å²) < 4.78 is 0. The Morgan fingerprint density at radius 1 is 0.875 bits per heavy atom. The number of hydrogen-bond acceptors (Lipinski definition) is 6. The van der Waals surface area contributed by atoms with E-state index in [1.165, 1.54) is 18.2 Å². The molecule has 2 fully saturated rings. The number of aryl methyl sites for hydroxylation is 1. The molecule has 2 aromatic rings. The third-order valence-corrected chi connectivity index (χ3v) is 7.60. The van der Waals surface area contributed by atoms with Crippen LogP contribution in [0.4, 0.5) is 17.1 Å². The predicted molar refractivity (Wildman–Crippen MR) is 158 cm³/mol. The number of benzene rings is 2. The molecule has 0 atom stereocenters. The highest BCUT2D eigenvalue weighted by atomic mass is 16.2. The van der Waals surface area contributed by atoms with Gasteiger partial charge >= 0.3 is 0 Å². The van der Waals surface area contributed by atoms with E-state index in [9.17, 15) is 19.2 Å². The molecule has 2 aromatic carbocycles. The molecule has 2 saturated heterocycles. The van der Waals surface area contributed by atoms with Crippen LogP contribution in [-0.2, 0) is 14.4 Å². The summed E-state index contributed by atoms with van der Waals surface area (Å²) in [6.45, 7) is 8.81. The first-order chi connectivity index (χ1) is 19.3. The molecule has 0 unspecified atom stereocenters. The van der Waals surface area contributed by atoms with Gasteiger partial charge in [-0.1, -0.05) is 18.2 Å². The van der Waals surface area contributed by atoms with E-state index in [1.54, 1.807) is 12.1 Å². The summed E-state index contributed by atoms with van der Waals surface area (Å²) in [6.07, 6.45) is 3.31. The lowest BCUT2D eigenvalue weighted by molar-refractivity contribution is -0.127. The highest BCUT2D eigenvalue weighted by Gasteiger charge is 2.23. The van der Waals surface area contributed by atoms with Gasteiger partial charge in [-0.25, -0.2) is 0 Å². The van der Waals surface area contributed by atoms with Crippen molar-refractivity contribution in [1.82, 2.24) is 10.2 Å². The van der Waals surface area contributed by atoms with Gasteiger partial charge in [-0.3, -0.25) is 14.4 Å². The summed E-state index contributed by atoms with van der Waals surface area (Å²) in [4.78, 5) is 55.3. The first-order valence-corrected chi connectivity index (χ1v) is 14.4. The Kier molecular flexibility index (Phi) is 10.2. The number of carbonyl (C=O) groups excluding carboxylic acids is 4. The molecule has 0 saturated carbocycles. The average Bonchev–Trinajstić information content (AvgIpc) is 3.35. The Hall–Kier alpha value is -3.88. The molecule has 3 amide bonds. The Balaban J connectivity index is 1.41. The lowest BCUT2D eigenvalue weighted by atomic mass is 10.1. The number of ketones is 1. The van der Waals surface area contributed by atoms with Crippen LogP contribution in [0.5, 0.6) is 0 Å². The van der Waals surface area contributed by atoms with Crippen LogP contribution >= 0.6 is 0 Å². The first-order valence-electron chi connectivity index (χ1n) is 14.4. The number of anilines is 3. The van der Waals surface area contributed by atoms with Crippen molar-refractivity contribution in [3.63, 3.8) is 0 Å². The predicted octanol–water partition coefficient (Wildman–Crippen LogP) is 3.76. The minimum Gasteiger partial charge on any atom is -0.368 e. The van der Waals surface area contributed by atoms with Crippen LogP contribution in [0.2, 0.25) is 0 Å². The molecular formula is C31H41N5O4. The molecule has 9 heteroatoms. The Morgan fingerprint density at radius 3 is 2.27 bits per heavy atom.